The van der Waals surface area contributed by atoms with Crippen LogP contribution in [0.15, 0.2) is 0 Å². The second-order valence-corrected chi connectivity index (χ2v) is 4.57. The number of nitrogens with zero attached hydrogens (tertiary/aromatic N) is 2. The topological polar surface area (TPSA) is 49.6 Å². The first-order chi connectivity index (χ1) is 6.64. The summed E-state index contributed by atoms with van der Waals surface area (Å²) in [6.07, 6.45) is 4.77. The van der Waals surface area contributed by atoms with Gasteiger partial charge in [0.05, 0.1) is 0 Å². The molecule has 2 amide bonds. The molecule has 1 spiro atoms. The van der Waals surface area contributed by atoms with Crippen molar-refractivity contribution in [1.82, 2.24) is 9.80 Å². The SMILES string of the molecule is CN1CCCC12CCN(C(N)=O)CC2. The van der Waals surface area contributed by atoms with Crippen molar-refractivity contribution >= 4 is 6.03 Å². The van der Waals surface area contributed by atoms with Gasteiger partial charge in [0.2, 0.25) is 0 Å². The van der Waals surface area contributed by atoms with Crippen molar-refractivity contribution in [3.63, 3.8) is 0 Å². The average molecular weight is 197 g/mol. The Morgan fingerprint density at radius 1 is 1.21 bits per heavy atom. The first kappa shape index (κ1) is 9.77. The molecular formula is C10H19N3O. The van der Waals surface area contributed by atoms with Gasteiger partial charge in [-0.2, -0.15) is 0 Å². The first-order valence-corrected chi connectivity index (χ1v) is 5.40. The molecule has 0 saturated carbocycles. The zero-order valence-corrected chi connectivity index (χ0v) is 8.83. The number of rotatable bonds is 0. The summed E-state index contributed by atoms with van der Waals surface area (Å²) in [5, 5.41) is 0. The maximum Gasteiger partial charge on any atom is 0.314 e. The lowest BCUT2D eigenvalue weighted by Gasteiger charge is -2.43. The van der Waals surface area contributed by atoms with Gasteiger partial charge in [0.25, 0.3) is 0 Å². The molecular weight excluding hydrogens is 178 g/mol. The van der Waals surface area contributed by atoms with Crippen molar-refractivity contribution in [2.24, 2.45) is 5.73 Å². The van der Waals surface area contributed by atoms with E-state index >= 15 is 0 Å². The van der Waals surface area contributed by atoms with Crippen LogP contribution in [0.1, 0.15) is 25.7 Å². The molecule has 2 N–H and O–H groups in total. The van der Waals surface area contributed by atoms with Crippen molar-refractivity contribution in [2.45, 2.75) is 31.2 Å². The van der Waals surface area contributed by atoms with Crippen molar-refractivity contribution in [1.29, 1.82) is 0 Å². The predicted molar refractivity (Wildman–Crippen MR) is 55.0 cm³/mol. The van der Waals surface area contributed by atoms with E-state index in [1.165, 1.54) is 19.4 Å². The highest BCUT2D eigenvalue weighted by Crippen LogP contribution is 2.36. The lowest BCUT2D eigenvalue weighted by molar-refractivity contribution is 0.0851. The third-order valence-corrected chi connectivity index (χ3v) is 3.95. The van der Waals surface area contributed by atoms with Gasteiger partial charge in [-0.25, -0.2) is 4.79 Å². The first-order valence-electron chi connectivity index (χ1n) is 5.40. The summed E-state index contributed by atoms with van der Waals surface area (Å²) in [5.74, 6) is 0. The van der Waals surface area contributed by atoms with Gasteiger partial charge in [-0.05, 0) is 39.3 Å². The molecule has 14 heavy (non-hydrogen) atoms. The van der Waals surface area contributed by atoms with Crippen LogP contribution in [-0.4, -0.2) is 48.1 Å². The van der Waals surface area contributed by atoms with Crippen LogP contribution in [0.25, 0.3) is 0 Å². The summed E-state index contributed by atoms with van der Waals surface area (Å²) in [7, 11) is 2.20. The Labute approximate surface area is 85.0 Å². The number of nitrogens with two attached hydrogens (primary N) is 1. The maximum absolute atomic E-state index is 11.0. The smallest absolute Gasteiger partial charge is 0.314 e. The largest absolute Gasteiger partial charge is 0.351 e. The van der Waals surface area contributed by atoms with Gasteiger partial charge in [-0.3, -0.25) is 0 Å². The van der Waals surface area contributed by atoms with E-state index in [9.17, 15) is 4.79 Å². The number of hydrogen-bond donors (Lipinski definition) is 1. The highest BCUT2D eigenvalue weighted by molar-refractivity contribution is 5.72. The van der Waals surface area contributed by atoms with Gasteiger partial charge < -0.3 is 15.5 Å². The molecule has 2 fully saturated rings. The standard InChI is InChI=1S/C10H19N3O/c1-12-6-2-3-10(12)4-7-13(8-5-10)9(11)14/h2-8H2,1H3,(H2,11,14). The molecule has 0 radical (unpaired) electrons. The minimum Gasteiger partial charge on any atom is -0.351 e. The van der Waals surface area contributed by atoms with Crippen LogP contribution in [0.3, 0.4) is 0 Å². The number of hydrogen-bond acceptors (Lipinski definition) is 2. The minimum atomic E-state index is -0.263. The Hall–Kier alpha value is -0.770. The zero-order valence-electron chi connectivity index (χ0n) is 8.83. The van der Waals surface area contributed by atoms with Gasteiger partial charge in [0, 0.05) is 18.6 Å². The highest BCUT2D eigenvalue weighted by Gasteiger charge is 2.41. The molecule has 2 saturated heterocycles. The summed E-state index contributed by atoms with van der Waals surface area (Å²) >= 11 is 0. The number of urea groups is 1. The molecule has 4 nitrogen and oxygen atoms in total. The fraction of sp³-hybridized carbons (Fsp3) is 0.900. The average Bonchev–Trinajstić information content (AvgIpc) is 2.49. The monoisotopic (exact) mass is 197 g/mol. The van der Waals surface area contributed by atoms with E-state index in [-0.39, 0.29) is 6.03 Å². The molecule has 0 unspecified atom stereocenters. The van der Waals surface area contributed by atoms with Crippen molar-refractivity contribution < 1.29 is 4.79 Å². The lowest BCUT2D eigenvalue weighted by atomic mass is 9.85. The number of likely N-dealkylation sites (tertiary alicyclic amines) is 2. The number of amides is 2. The summed E-state index contributed by atoms with van der Waals surface area (Å²) in [5.41, 5.74) is 5.64. The molecule has 2 aliphatic heterocycles. The normalized spacial score (nSPS) is 27.1. The van der Waals surface area contributed by atoms with E-state index in [0.29, 0.717) is 5.54 Å². The minimum absolute atomic E-state index is 0.263. The van der Waals surface area contributed by atoms with Gasteiger partial charge in [0.1, 0.15) is 0 Å². The molecule has 0 aromatic rings. The van der Waals surface area contributed by atoms with E-state index in [1.54, 1.807) is 4.90 Å². The Balaban J connectivity index is 1.98. The van der Waals surface area contributed by atoms with Crippen molar-refractivity contribution in [3.05, 3.63) is 0 Å². The molecule has 80 valence electrons. The number of carbonyl (C=O) groups excluding carboxylic acids is 1. The zero-order chi connectivity index (χ0) is 10.2. The molecule has 2 rings (SSSR count). The number of carbonyl (C=O) groups is 1. The maximum atomic E-state index is 11.0. The van der Waals surface area contributed by atoms with E-state index < -0.39 is 0 Å². The number of primary amides is 1. The quantitative estimate of drug-likeness (QED) is 0.619. The Kier molecular flexibility index (Phi) is 2.39. The van der Waals surface area contributed by atoms with E-state index in [0.717, 1.165) is 25.9 Å². The summed E-state index contributed by atoms with van der Waals surface area (Å²) in [6, 6.07) is -0.263. The third kappa shape index (κ3) is 1.47. The molecule has 0 bridgehead atoms. The van der Waals surface area contributed by atoms with Crippen molar-refractivity contribution in [3.8, 4) is 0 Å². The van der Waals surface area contributed by atoms with Crippen LogP contribution < -0.4 is 5.73 Å². The Bertz CT molecular complexity index is 234. The summed E-state index contributed by atoms with van der Waals surface area (Å²) in [4.78, 5) is 15.2. The second kappa shape index (κ2) is 3.42. The second-order valence-electron chi connectivity index (χ2n) is 4.57. The van der Waals surface area contributed by atoms with Gasteiger partial charge in [-0.1, -0.05) is 0 Å². The van der Waals surface area contributed by atoms with E-state index in [2.05, 4.69) is 11.9 Å². The molecule has 2 heterocycles. The van der Waals surface area contributed by atoms with Gasteiger partial charge in [-0.15, -0.1) is 0 Å². The van der Waals surface area contributed by atoms with Crippen LogP contribution in [0.4, 0.5) is 4.79 Å². The fourth-order valence-electron chi connectivity index (χ4n) is 2.85. The Morgan fingerprint density at radius 2 is 1.86 bits per heavy atom. The van der Waals surface area contributed by atoms with Gasteiger partial charge >= 0.3 is 6.03 Å². The summed E-state index contributed by atoms with van der Waals surface area (Å²) < 4.78 is 0. The number of piperidine rings is 1. The lowest BCUT2D eigenvalue weighted by Crippen LogP contribution is -2.53. The van der Waals surface area contributed by atoms with Crippen molar-refractivity contribution in [2.75, 3.05) is 26.7 Å². The van der Waals surface area contributed by atoms with E-state index in [1.807, 2.05) is 0 Å². The van der Waals surface area contributed by atoms with Crippen LogP contribution >= 0.6 is 0 Å². The Morgan fingerprint density at radius 3 is 2.29 bits per heavy atom. The van der Waals surface area contributed by atoms with Crippen LogP contribution in [-0.2, 0) is 0 Å². The summed E-state index contributed by atoms with van der Waals surface area (Å²) in [6.45, 7) is 2.87. The van der Waals surface area contributed by atoms with Crippen LogP contribution in [0, 0.1) is 0 Å². The van der Waals surface area contributed by atoms with Gasteiger partial charge in [0.15, 0.2) is 0 Å². The molecule has 0 aromatic carbocycles. The molecule has 0 atom stereocenters. The predicted octanol–water partition coefficient (Wildman–Crippen LogP) is 0.625. The van der Waals surface area contributed by atoms with Crippen LogP contribution in [0.5, 0.6) is 0 Å². The van der Waals surface area contributed by atoms with Crippen LogP contribution in [0.2, 0.25) is 0 Å². The molecule has 2 aliphatic rings. The van der Waals surface area contributed by atoms with E-state index in [4.69, 9.17) is 5.73 Å². The molecule has 0 aliphatic carbocycles. The fourth-order valence-corrected chi connectivity index (χ4v) is 2.85. The highest BCUT2D eigenvalue weighted by atomic mass is 16.2. The third-order valence-electron chi connectivity index (χ3n) is 3.95. The molecule has 0 aromatic heterocycles. The molecule has 4 heteroatoms.